The van der Waals surface area contributed by atoms with Gasteiger partial charge in [-0.3, -0.25) is 9.59 Å². The largest absolute Gasteiger partial charge is 0.383 e. The van der Waals surface area contributed by atoms with Crippen LogP contribution < -0.4 is 16.4 Å². The Bertz CT molecular complexity index is 314. The van der Waals surface area contributed by atoms with E-state index in [1.807, 2.05) is 0 Å². The fourth-order valence-electron chi connectivity index (χ4n) is 2.25. The first kappa shape index (κ1) is 15.9. The summed E-state index contributed by atoms with van der Waals surface area (Å²) in [6.45, 7) is 2.54. The SMILES string of the molecule is COCCNC(=O)C(C)NC(=O)C1(N)CCCCC1. The second kappa shape index (κ2) is 7.45. The lowest BCUT2D eigenvalue weighted by atomic mass is 9.82. The van der Waals surface area contributed by atoms with E-state index in [1.54, 1.807) is 14.0 Å². The molecular formula is C13H25N3O3. The molecule has 0 aromatic carbocycles. The van der Waals surface area contributed by atoms with Crippen molar-refractivity contribution < 1.29 is 14.3 Å². The van der Waals surface area contributed by atoms with Crippen LogP contribution in [0.5, 0.6) is 0 Å². The maximum Gasteiger partial charge on any atom is 0.242 e. The van der Waals surface area contributed by atoms with E-state index in [0.717, 1.165) is 19.3 Å². The Morgan fingerprint density at radius 1 is 1.32 bits per heavy atom. The Morgan fingerprint density at radius 3 is 2.53 bits per heavy atom. The molecule has 1 unspecified atom stereocenters. The van der Waals surface area contributed by atoms with Crippen LogP contribution in [0.25, 0.3) is 0 Å². The van der Waals surface area contributed by atoms with Gasteiger partial charge in [0.05, 0.1) is 12.1 Å². The number of amides is 2. The van der Waals surface area contributed by atoms with Crippen molar-refractivity contribution in [1.82, 2.24) is 10.6 Å². The molecule has 1 saturated carbocycles. The molecule has 0 saturated heterocycles. The highest BCUT2D eigenvalue weighted by Crippen LogP contribution is 2.25. The predicted octanol–water partition coefficient (Wildman–Crippen LogP) is -0.0847. The number of methoxy groups -OCH3 is 1. The molecule has 19 heavy (non-hydrogen) atoms. The molecule has 0 aliphatic heterocycles. The summed E-state index contributed by atoms with van der Waals surface area (Å²) < 4.78 is 4.84. The van der Waals surface area contributed by atoms with Crippen molar-refractivity contribution in [3.63, 3.8) is 0 Å². The first-order chi connectivity index (χ1) is 8.99. The maximum absolute atomic E-state index is 12.1. The average Bonchev–Trinajstić information content (AvgIpc) is 2.39. The van der Waals surface area contributed by atoms with Gasteiger partial charge in [0.2, 0.25) is 11.8 Å². The Hall–Kier alpha value is -1.14. The van der Waals surface area contributed by atoms with E-state index in [-0.39, 0.29) is 11.8 Å². The van der Waals surface area contributed by atoms with Gasteiger partial charge in [-0.25, -0.2) is 0 Å². The first-order valence-corrected chi connectivity index (χ1v) is 6.86. The highest BCUT2D eigenvalue weighted by Gasteiger charge is 2.36. The minimum Gasteiger partial charge on any atom is -0.383 e. The van der Waals surface area contributed by atoms with Crippen molar-refractivity contribution >= 4 is 11.8 Å². The molecule has 0 aromatic rings. The molecule has 1 aliphatic rings. The van der Waals surface area contributed by atoms with Crippen molar-refractivity contribution in [2.45, 2.75) is 50.6 Å². The van der Waals surface area contributed by atoms with Crippen LogP contribution in [0, 0.1) is 0 Å². The Kier molecular flexibility index (Phi) is 6.24. The second-order valence-electron chi connectivity index (χ2n) is 5.20. The summed E-state index contributed by atoms with van der Waals surface area (Å²) >= 11 is 0. The van der Waals surface area contributed by atoms with Gasteiger partial charge in [0, 0.05) is 13.7 Å². The summed E-state index contributed by atoms with van der Waals surface area (Å²) in [7, 11) is 1.57. The Labute approximate surface area is 114 Å². The van der Waals surface area contributed by atoms with E-state index in [0.29, 0.717) is 26.0 Å². The monoisotopic (exact) mass is 271 g/mol. The number of carbonyl (C=O) groups excluding carboxylic acids is 2. The predicted molar refractivity (Wildman–Crippen MR) is 72.5 cm³/mol. The quantitative estimate of drug-likeness (QED) is 0.589. The average molecular weight is 271 g/mol. The molecule has 0 heterocycles. The number of ether oxygens (including phenoxy) is 1. The molecule has 0 bridgehead atoms. The van der Waals surface area contributed by atoms with E-state index >= 15 is 0 Å². The summed E-state index contributed by atoms with van der Waals surface area (Å²) in [6.07, 6.45) is 4.45. The first-order valence-electron chi connectivity index (χ1n) is 6.86. The molecule has 1 rings (SSSR count). The summed E-state index contributed by atoms with van der Waals surface area (Å²) in [6, 6.07) is -0.577. The standard InChI is InChI=1S/C13H25N3O3/c1-10(11(17)15-8-9-19-2)16-12(18)13(14)6-4-3-5-7-13/h10H,3-9,14H2,1-2H3,(H,15,17)(H,16,18). The van der Waals surface area contributed by atoms with Crippen LogP contribution in [0.2, 0.25) is 0 Å². The lowest BCUT2D eigenvalue weighted by Gasteiger charge is -2.32. The smallest absolute Gasteiger partial charge is 0.242 e. The number of carbonyl (C=O) groups is 2. The third kappa shape index (κ3) is 4.80. The van der Waals surface area contributed by atoms with E-state index in [4.69, 9.17) is 10.5 Å². The summed E-state index contributed by atoms with van der Waals surface area (Å²) in [5, 5.41) is 5.38. The van der Waals surface area contributed by atoms with Crippen LogP contribution in [0.3, 0.4) is 0 Å². The van der Waals surface area contributed by atoms with E-state index in [2.05, 4.69) is 10.6 Å². The highest BCUT2D eigenvalue weighted by molar-refractivity contribution is 5.91. The number of hydrogen-bond acceptors (Lipinski definition) is 4. The fourth-order valence-corrected chi connectivity index (χ4v) is 2.25. The summed E-state index contributed by atoms with van der Waals surface area (Å²) in [5.41, 5.74) is 5.30. The molecule has 1 aliphatic carbocycles. The van der Waals surface area contributed by atoms with Gasteiger partial charge in [-0.05, 0) is 19.8 Å². The summed E-state index contributed by atoms with van der Waals surface area (Å²) in [4.78, 5) is 23.8. The van der Waals surface area contributed by atoms with Crippen LogP contribution in [0.1, 0.15) is 39.0 Å². The van der Waals surface area contributed by atoms with Crippen LogP contribution in [0.4, 0.5) is 0 Å². The van der Waals surface area contributed by atoms with E-state index < -0.39 is 11.6 Å². The molecule has 1 atom stereocenters. The van der Waals surface area contributed by atoms with E-state index in [9.17, 15) is 9.59 Å². The Morgan fingerprint density at radius 2 is 1.95 bits per heavy atom. The molecule has 110 valence electrons. The molecule has 1 fully saturated rings. The zero-order valence-corrected chi connectivity index (χ0v) is 11.8. The van der Waals surface area contributed by atoms with Gasteiger partial charge in [-0.1, -0.05) is 19.3 Å². The van der Waals surface area contributed by atoms with Gasteiger partial charge in [-0.2, -0.15) is 0 Å². The molecule has 0 aromatic heterocycles. The molecule has 6 nitrogen and oxygen atoms in total. The minimum atomic E-state index is -0.806. The lowest BCUT2D eigenvalue weighted by molar-refractivity contribution is -0.132. The number of hydrogen-bond donors (Lipinski definition) is 3. The van der Waals surface area contributed by atoms with Crippen LogP contribution in [0.15, 0.2) is 0 Å². The van der Waals surface area contributed by atoms with Crippen molar-refractivity contribution in [3.05, 3.63) is 0 Å². The van der Waals surface area contributed by atoms with Crippen molar-refractivity contribution in [2.24, 2.45) is 5.73 Å². The van der Waals surface area contributed by atoms with Gasteiger partial charge in [0.25, 0.3) is 0 Å². The minimum absolute atomic E-state index is 0.218. The van der Waals surface area contributed by atoms with Crippen LogP contribution in [-0.2, 0) is 14.3 Å². The second-order valence-corrected chi connectivity index (χ2v) is 5.20. The van der Waals surface area contributed by atoms with Crippen LogP contribution >= 0.6 is 0 Å². The van der Waals surface area contributed by atoms with Gasteiger partial charge in [0.15, 0.2) is 0 Å². The topological polar surface area (TPSA) is 93.5 Å². The van der Waals surface area contributed by atoms with Crippen molar-refractivity contribution in [1.29, 1.82) is 0 Å². The number of nitrogens with two attached hydrogens (primary N) is 1. The Balaban J connectivity index is 2.40. The number of rotatable bonds is 6. The lowest BCUT2D eigenvalue weighted by Crippen LogP contribution is -2.58. The van der Waals surface area contributed by atoms with Crippen molar-refractivity contribution in [3.8, 4) is 0 Å². The normalized spacial score (nSPS) is 19.5. The fraction of sp³-hybridized carbons (Fsp3) is 0.846. The van der Waals surface area contributed by atoms with Gasteiger partial charge < -0.3 is 21.1 Å². The maximum atomic E-state index is 12.1. The van der Waals surface area contributed by atoms with Gasteiger partial charge in [0.1, 0.15) is 6.04 Å². The molecule has 0 spiro atoms. The summed E-state index contributed by atoms with van der Waals surface area (Å²) in [5.74, 6) is -0.439. The van der Waals surface area contributed by atoms with Crippen molar-refractivity contribution in [2.75, 3.05) is 20.3 Å². The van der Waals surface area contributed by atoms with Crippen LogP contribution in [-0.4, -0.2) is 43.7 Å². The van der Waals surface area contributed by atoms with Gasteiger partial charge >= 0.3 is 0 Å². The molecule has 0 radical (unpaired) electrons. The molecule has 4 N–H and O–H groups in total. The molecule has 6 heteroatoms. The van der Waals surface area contributed by atoms with Gasteiger partial charge in [-0.15, -0.1) is 0 Å². The molecular weight excluding hydrogens is 246 g/mol. The zero-order valence-electron chi connectivity index (χ0n) is 11.8. The third-order valence-corrected chi connectivity index (χ3v) is 3.54. The molecule has 2 amide bonds. The number of nitrogens with one attached hydrogen (secondary N) is 2. The van der Waals surface area contributed by atoms with E-state index in [1.165, 1.54) is 0 Å². The zero-order chi connectivity index (χ0) is 14.3. The third-order valence-electron chi connectivity index (χ3n) is 3.54. The highest BCUT2D eigenvalue weighted by atomic mass is 16.5.